The van der Waals surface area contributed by atoms with Crippen molar-refractivity contribution >= 4 is 34.2 Å². The van der Waals surface area contributed by atoms with E-state index >= 15 is 0 Å². The van der Waals surface area contributed by atoms with Crippen molar-refractivity contribution in [2.75, 3.05) is 19.6 Å². The summed E-state index contributed by atoms with van der Waals surface area (Å²) in [5.74, 6) is 0.262. The third kappa shape index (κ3) is 4.29. The van der Waals surface area contributed by atoms with Gasteiger partial charge in [-0.15, -0.1) is 11.3 Å². The molecule has 0 bridgehead atoms. The number of likely N-dealkylation sites (tertiary alicyclic amines) is 1. The molecule has 0 aromatic carbocycles. The second-order valence-electron chi connectivity index (χ2n) is 8.78. The summed E-state index contributed by atoms with van der Waals surface area (Å²) >= 11 is 1.36. The second-order valence-corrected chi connectivity index (χ2v) is 9.73. The van der Waals surface area contributed by atoms with Crippen LogP contribution in [0.5, 0.6) is 0 Å². The summed E-state index contributed by atoms with van der Waals surface area (Å²) in [5.41, 5.74) is 1.47. The highest BCUT2D eigenvalue weighted by molar-refractivity contribution is 7.12. The summed E-state index contributed by atoms with van der Waals surface area (Å²) in [7, 11) is 0. The SMILES string of the molecule is CC(C)(C)N1CCC[C@H](CNC(=O)c2ccnc3nc(C(=O)c4cccs4)[nH]c23)C1. The smallest absolute Gasteiger partial charge is 0.253 e. The van der Waals surface area contributed by atoms with E-state index in [2.05, 4.69) is 45.9 Å². The van der Waals surface area contributed by atoms with Crippen LogP contribution in [0.2, 0.25) is 0 Å². The van der Waals surface area contributed by atoms with Crippen molar-refractivity contribution in [3.8, 4) is 0 Å². The summed E-state index contributed by atoms with van der Waals surface area (Å²) in [6.07, 6.45) is 3.81. The van der Waals surface area contributed by atoms with Gasteiger partial charge in [-0.05, 0) is 63.6 Å². The lowest BCUT2D eigenvalue weighted by Crippen LogP contribution is -2.49. The number of aromatic nitrogens is 3. The van der Waals surface area contributed by atoms with Crippen molar-refractivity contribution < 1.29 is 9.59 Å². The minimum atomic E-state index is -0.196. The topological polar surface area (TPSA) is 91.0 Å². The Balaban J connectivity index is 1.48. The average Bonchev–Trinajstić information content (AvgIpc) is 3.40. The number of carbonyl (C=O) groups is 2. The molecule has 0 unspecified atom stereocenters. The van der Waals surface area contributed by atoms with E-state index in [0.717, 1.165) is 25.9 Å². The second kappa shape index (κ2) is 8.28. The van der Waals surface area contributed by atoms with Crippen LogP contribution in [0.3, 0.4) is 0 Å². The number of aromatic amines is 1. The van der Waals surface area contributed by atoms with Crippen LogP contribution in [-0.4, -0.2) is 56.7 Å². The first-order valence-electron chi connectivity index (χ1n) is 10.3. The molecule has 0 radical (unpaired) electrons. The number of nitrogens with one attached hydrogen (secondary N) is 2. The number of carbonyl (C=O) groups excluding carboxylic acids is 2. The molecule has 0 saturated carbocycles. The molecule has 3 aromatic rings. The van der Waals surface area contributed by atoms with E-state index < -0.39 is 0 Å². The molecule has 3 aromatic heterocycles. The third-order valence-corrected chi connectivity index (χ3v) is 6.48. The van der Waals surface area contributed by atoms with Gasteiger partial charge in [0.05, 0.1) is 16.0 Å². The lowest BCUT2D eigenvalue weighted by Gasteiger charge is -2.41. The molecule has 8 heteroatoms. The highest BCUT2D eigenvalue weighted by atomic mass is 32.1. The maximum Gasteiger partial charge on any atom is 0.253 e. The third-order valence-electron chi connectivity index (χ3n) is 5.62. The van der Waals surface area contributed by atoms with Gasteiger partial charge in [-0.25, -0.2) is 9.97 Å². The minimum absolute atomic E-state index is 0.140. The normalized spacial score (nSPS) is 17.9. The summed E-state index contributed by atoms with van der Waals surface area (Å²) in [6, 6.07) is 5.24. The molecular weight excluding hydrogens is 398 g/mol. The molecule has 1 aliphatic heterocycles. The van der Waals surface area contributed by atoms with Gasteiger partial charge in [0.15, 0.2) is 11.5 Å². The fourth-order valence-electron chi connectivity index (χ4n) is 3.91. The monoisotopic (exact) mass is 425 g/mol. The number of imidazole rings is 1. The van der Waals surface area contributed by atoms with Gasteiger partial charge in [-0.2, -0.15) is 0 Å². The van der Waals surface area contributed by atoms with Gasteiger partial charge in [0, 0.05) is 24.8 Å². The number of H-pyrrole nitrogens is 1. The standard InChI is InChI=1S/C22H27N5O2S/c1-22(2,3)27-10-4-6-14(13-27)12-24-21(29)15-8-9-23-19-17(15)25-20(26-19)18(28)16-7-5-11-30-16/h5,7-9,11,14H,4,6,10,12-13H2,1-3H3,(H,24,29)(H,23,25,26)/t14-/m1/s1. The Hall–Kier alpha value is -2.58. The molecule has 0 aliphatic carbocycles. The fraction of sp³-hybridized carbons (Fsp3) is 0.455. The Labute approximate surface area is 179 Å². The van der Waals surface area contributed by atoms with Crippen LogP contribution in [0.1, 0.15) is 59.5 Å². The number of amides is 1. The number of nitrogens with zero attached hydrogens (tertiary/aromatic N) is 3. The van der Waals surface area contributed by atoms with Crippen molar-refractivity contribution in [2.24, 2.45) is 5.92 Å². The molecule has 30 heavy (non-hydrogen) atoms. The van der Waals surface area contributed by atoms with Gasteiger partial charge in [-0.3, -0.25) is 14.5 Å². The van der Waals surface area contributed by atoms with Gasteiger partial charge in [0.1, 0.15) is 0 Å². The van der Waals surface area contributed by atoms with Crippen LogP contribution in [0.15, 0.2) is 29.8 Å². The molecule has 1 aliphatic rings. The maximum absolute atomic E-state index is 12.9. The number of fused-ring (bicyclic) bond motifs is 1. The largest absolute Gasteiger partial charge is 0.352 e. The number of hydrogen-bond donors (Lipinski definition) is 2. The zero-order valence-electron chi connectivity index (χ0n) is 17.6. The van der Waals surface area contributed by atoms with Crippen LogP contribution < -0.4 is 5.32 Å². The van der Waals surface area contributed by atoms with E-state index in [9.17, 15) is 9.59 Å². The van der Waals surface area contributed by atoms with Crippen LogP contribution in [-0.2, 0) is 0 Å². The molecule has 0 spiro atoms. The first-order valence-corrected chi connectivity index (χ1v) is 11.2. The van der Waals surface area contributed by atoms with Gasteiger partial charge < -0.3 is 10.3 Å². The highest BCUT2D eigenvalue weighted by Gasteiger charge is 2.28. The van der Waals surface area contributed by atoms with Crippen molar-refractivity contribution in [1.29, 1.82) is 0 Å². The Morgan fingerprint density at radius 3 is 2.90 bits per heavy atom. The number of pyridine rings is 1. The fourth-order valence-corrected chi connectivity index (χ4v) is 4.57. The van der Waals surface area contributed by atoms with Crippen molar-refractivity contribution in [1.82, 2.24) is 25.2 Å². The van der Waals surface area contributed by atoms with Gasteiger partial charge in [-0.1, -0.05) is 6.07 Å². The van der Waals surface area contributed by atoms with Crippen LogP contribution >= 0.6 is 11.3 Å². The number of piperidine rings is 1. The van der Waals surface area contributed by atoms with E-state index in [1.807, 2.05) is 11.4 Å². The van der Waals surface area contributed by atoms with Gasteiger partial charge >= 0.3 is 0 Å². The predicted octanol–water partition coefficient (Wildman–Crippen LogP) is 3.49. The zero-order valence-corrected chi connectivity index (χ0v) is 18.4. The van der Waals surface area contributed by atoms with Crippen molar-refractivity contribution in [2.45, 2.75) is 39.2 Å². The summed E-state index contributed by atoms with van der Waals surface area (Å²) in [5, 5.41) is 4.92. The molecule has 4 rings (SSSR count). The lowest BCUT2D eigenvalue weighted by molar-refractivity contribution is 0.0752. The Morgan fingerprint density at radius 2 is 2.17 bits per heavy atom. The van der Waals surface area contributed by atoms with E-state index in [4.69, 9.17) is 0 Å². The first kappa shape index (κ1) is 20.7. The van der Waals surface area contributed by atoms with Crippen LogP contribution in [0, 0.1) is 5.92 Å². The van der Waals surface area contributed by atoms with Gasteiger partial charge in [0.2, 0.25) is 5.78 Å². The van der Waals surface area contributed by atoms with Gasteiger partial charge in [0.25, 0.3) is 5.91 Å². The molecule has 2 N–H and O–H groups in total. The number of rotatable bonds is 5. The van der Waals surface area contributed by atoms with E-state index in [1.54, 1.807) is 18.3 Å². The Bertz CT molecular complexity index is 1050. The number of ketones is 1. The summed E-state index contributed by atoms with van der Waals surface area (Å²) in [6.45, 7) is 9.41. The Kier molecular flexibility index (Phi) is 5.71. The lowest BCUT2D eigenvalue weighted by atomic mass is 9.93. The van der Waals surface area contributed by atoms with Crippen LogP contribution in [0.25, 0.3) is 11.2 Å². The minimum Gasteiger partial charge on any atom is -0.352 e. The maximum atomic E-state index is 12.9. The van der Waals surface area contributed by atoms with E-state index in [1.165, 1.54) is 11.3 Å². The van der Waals surface area contributed by atoms with Crippen LogP contribution in [0.4, 0.5) is 0 Å². The quantitative estimate of drug-likeness (QED) is 0.611. The number of hydrogen-bond acceptors (Lipinski definition) is 6. The number of thiophene rings is 1. The molecule has 158 valence electrons. The Morgan fingerprint density at radius 1 is 1.33 bits per heavy atom. The first-order chi connectivity index (χ1) is 14.3. The molecule has 1 saturated heterocycles. The molecule has 7 nitrogen and oxygen atoms in total. The molecule has 1 atom stereocenters. The van der Waals surface area contributed by atoms with E-state index in [-0.39, 0.29) is 23.1 Å². The summed E-state index contributed by atoms with van der Waals surface area (Å²) < 4.78 is 0. The summed E-state index contributed by atoms with van der Waals surface area (Å²) in [4.78, 5) is 40.1. The molecule has 4 heterocycles. The van der Waals surface area contributed by atoms with Crippen molar-refractivity contribution in [3.63, 3.8) is 0 Å². The van der Waals surface area contributed by atoms with Crippen molar-refractivity contribution in [3.05, 3.63) is 46.0 Å². The molecule has 1 amide bonds. The molecular formula is C22H27N5O2S. The van der Waals surface area contributed by atoms with E-state index in [0.29, 0.717) is 34.1 Å². The zero-order chi connectivity index (χ0) is 21.3. The molecule has 1 fully saturated rings. The highest BCUT2D eigenvalue weighted by Crippen LogP contribution is 2.24. The average molecular weight is 426 g/mol. The predicted molar refractivity (Wildman–Crippen MR) is 118 cm³/mol.